The third-order valence-corrected chi connectivity index (χ3v) is 7.52. The number of allylic oxidation sites excluding steroid dienone is 1. The van der Waals surface area contributed by atoms with E-state index in [4.69, 9.17) is 39.5 Å². The molecule has 2 heterocycles. The molecule has 0 radical (unpaired) electrons. The zero-order chi connectivity index (χ0) is 25.5. The Morgan fingerprint density at radius 3 is 2.67 bits per heavy atom. The quantitative estimate of drug-likeness (QED) is 0.156. The summed E-state index contributed by atoms with van der Waals surface area (Å²) in [6, 6.07) is 12.5. The van der Waals surface area contributed by atoms with E-state index in [2.05, 4.69) is 27.1 Å². The average Bonchev–Trinajstić information content (AvgIpc) is 3.46. The SMILES string of the molecule is C=CCn1c(COc2ccc(Cl)cc2)nnc1SCC(=O)Nc1ncc(Cc2ccc(Cl)cc2Cl)s1. The van der Waals surface area contributed by atoms with Gasteiger partial charge >= 0.3 is 0 Å². The maximum atomic E-state index is 12.5. The topological polar surface area (TPSA) is 81.9 Å². The first-order valence-electron chi connectivity index (χ1n) is 10.6. The molecule has 0 bridgehead atoms. The molecule has 2 aromatic carbocycles. The van der Waals surface area contributed by atoms with Gasteiger partial charge in [-0.1, -0.05) is 58.7 Å². The number of nitrogens with one attached hydrogen (secondary N) is 1. The predicted molar refractivity (Wildman–Crippen MR) is 147 cm³/mol. The smallest absolute Gasteiger partial charge is 0.236 e. The second-order valence-corrected chi connectivity index (χ2v) is 10.8. The maximum Gasteiger partial charge on any atom is 0.236 e. The Hall–Kier alpha value is -2.56. The Bertz CT molecular complexity index is 1360. The molecule has 0 unspecified atom stereocenters. The van der Waals surface area contributed by atoms with Gasteiger partial charge in [0, 0.05) is 39.1 Å². The number of benzene rings is 2. The molecular formula is C24H20Cl3N5O2S2. The lowest BCUT2D eigenvalue weighted by molar-refractivity contribution is -0.113. The number of carbonyl (C=O) groups excluding carboxylic acids is 1. The van der Waals surface area contributed by atoms with Crippen LogP contribution in [-0.2, 0) is 24.4 Å². The van der Waals surface area contributed by atoms with Gasteiger partial charge in [0.2, 0.25) is 5.91 Å². The standard InChI is InChI=1S/C24H20Cl3N5O2S2/c1-2-9-32-21(13-34-18-7-5-16(25)6-8-18)30-31-24(32)35-14-22(33)29-23-28-12-19(36-23)10-15-3-4-17(26)11-20(15)27/h2-8,11-12H,1,9-10,13-14H2,(H,28,29,33). The normalized spacial score (nSPS) is 10.9. The van der Waals surface area contributed by atoms with Crippen LogP contribution in [0.1, 0.15) is 16.3 Å². The first-order chi connectivity index (χ1) is 17.4. The number of amides is 1. The molecule has 12 heteroatoms. The van der Waals surface area contributed by atoms with E-state index < -0.39 is 0 Å². The Balaban J connectivity index is 1.32. The number of ether oxygens (including phenoxy) is 1. The molecule has 36 heavy (non-hydrogen) atoms. The minimum atomic E-state index is -0.197. The van der Waals surface area contributed by atoms with Crippen LogP contribution in [-0.4, -0.2) is 31.4 Å². The van der Waals surface area contributed by atoms with Gasteiger partial charge < -0.3 is 10.1 Å². The fourth-order valence-electron chi connectivity index (χ4n) is 3.11. The van der Waals surface area contributed by atoms with Crippen molar-refractivity contribution in [1.29, 1.82) is 0 Å². The summed E-state index contributed by atoms with van der Waals surface area (Å²) in [6.07, 6.45) is 4.07. The molecule has 0 aliphatic carbocycles. The number of nitrogens with zero attached hydrogens (tertiary/aromatic N) is 4. The zero-order valence-corrected chi connectivity index (χ0v) is 22.7. The lowest BCUT2D eigenvalue weighted by atomic mass is 10.1. The molecule has 0 atom stereocenters. The Morgan fingerprint density at radius 1 is 1.14 bits per heavy atom. The van der Waals surface area contributed by atoms with E-state index >= 15 is 0 Å². The molecule has 0 saturated carbocycles. The Kier molecular flexibility index (Phi) is 9.28. The molecule has 1 N–H and O–H groups in total. The van der Waals surface area contributed by atoms with E-state index in [1.165, 1.54) is 23.1 Å². The third-order valence-electron chi connectivity index (χ3n) is 4.80. The van der Waals surface area contributed by atoms with Gasteiger partial charge in [0.05, 0.1) is 5.75 Å². The van der Waals surface area contributed by atoms with Crippen molar-refractivity contribution in [1.82, 2.24) is 19.7 Å². The third kappa shape index (κ3) is 7.24. The highest BCUT2D eigenvalue weighted by molar-refractivity contribution is 7.99. The van der Waals surface area contributed by atoms with Crippen LogP contribution in [0.25, 0.3) is 0 Å². The molecule has 0 aliphatic rings. The number of thiazole rings is 1. The highest BCUT2D eigenvalue weighted by Crippen LogP contribution is 2.27. The number of thioether (sulfide) groups is 1. The molecule has 186 valence electrons. The average molecular weight is 581 g/mol. The molecule has 4 aromatic rings. The lowest BCUT2D eigenvalue weighted by Crippen LogP contribution is -2.14. The number of hydrogen-bond acceptors (Lipinski definition) is 7. The van der Waals surface area contributed by atoms with Crippen LogP contribution in [0.4, 0.5) is 5.13 Å². The second-order valence-electron chi connectivity index (χ2n) is 7.42. The van der Waals surface area contributed by atoms with Crippen molar-refractivity contribution in [2.75, 3.05) is 11.1 Å². The monoisotopic (exact) mass is 579 g/mol. The Labute approximate surface area is 231 Å². The summed E-state index contributed by atoms with van der Waals surface area (Å²) < 4.78 is 7.64. The summed E-state index contributed by atoms with van der Waals surface area (Å²) in [4.78, 5) is 17.8. The summed E-state index contributed by atoms with van der Waals surface area (Å²) in [6.45, 7) is 4.50. The van der Waals surface area contributed by atoms with E-state index in [-0.39, 0.29) is 18.3 Å². The van der Waals surface area contributed by atoms with Crippen LogP contribution in [0.5, 0.6) is 5.75 Å². The largest absolute Gasteiger partial charge is 0.486 e. The highest BCUT2D eigenvalue weighted by Gasteiger charge is 2.15. The maximum absolute atomic E-state index is 12.5. The van der Waals surface area contributed by atoms with Crippen LogP contribution in [0.3, 0.4) is 0 Å². The minimum absolute atomic E-state index is 0.144. The summed E-state index contributed by atoms with van der Waals surface area (Å²) in [5.41, 5.74) is 0.940. The van der Waals surface area contributed by atoms with Crippen LogP contribution in [0, 0.1) is 0 Å². The predicted octanol–water partition coefficient (Wildman–Crippen LogP) is 6.78. The Morgan fingerprint density at radius 2 is 1.92 bits per heavy atom. The summed E-state index contributed by atoms with van der Waals surface area (Å²) >= 11 is 20.8. The number of anilines is 1. The van der Waals surface area contributed by atoms with Gasteiger partial charge in [0.15, 0.2) is 16.1 Å². The molecule has 0 saturated heterocycles. The van der Waals surface area contributed by atoms with Crippen molar-refractivity contribution in [3.8, 4) is 5.75 Å². The van der Waals surface area contributed by atoms with Gasteiger partial charge in [-0.15, -0.1) is 28.1 Å². The van der Waals surface area contributed by atoms with E-state index in [0.717, 1.165) is 10.4 Å². The molecule has 0 aliphatic heterocycles. The first kappa shape index (κ1) is 26.5. The minimum Gasteiger partial charge on any atom is -0.486 e. The molecule has 1 amide bonds. The summed E-state index contributed by atoms with van der Waals surface area (Å²) in [5.74, 6) is 1.24. The van der Waals surface area contributed by atoms with E-state index in [9.17, 15) is 4.79 Å². The van der Waals surface area contributed by atoms with E-state index in [0.29, 0.717) is 49.9 Å². The van der Waals surface area contributed by atoms with Gasteiger partial charge in [-0.2, -0.15) is 0 Å². The van der Waals surface area contributed by atoms with Crippen LogP contribution >= 0.6 is 57.9 Å². The molecule has 2 aromatic heterocycles. The van der Waals surface area contributed by atoms with Crippen molar-refractivity contribution < 1.29 is 9.53 Å². The number of rotatable bonds is 11. The fourth-order valence-corrected chi connectivity index (χ4v) is 5.33. The van der Waals surface area contributed by atoms with Crippen molar-refractivity contribution in [2.45, 2.75) is 24.7 Å². The first-order valence-corrected chi connectivity index (χ1v) is 13.6. The summed E-state index contributed by atoms with van der Waals surface area (Å²) in [7, 11) is 0. The lowest BCUT2D eigenvalue weighted by Gasteiger charge is -2.09. The van der Waals surface area contributed by atoms with E-state index in [1.807, 2.05) is 10.6 Å². The van der Waals surface area contributed by atoms with Crippen molar-refractivity contribution in [3.05, 3.63) is 92.6 Å². The van der Waals surface area contributed by atoms with Gasteiger partial charge in [0.1, 0.15) is 12.4 Å². The van der Waals surface area contributed by atoms with Crippen molar-refractivity contribution in [2.24, 2.45) is 0 Å². The number of hydrogen-bond donors (Lipinski definition) is 1. The number of aromatic nitrogens is 4. The number of halogens is 3. The van der Waals surface area contributed by atoms with Crippen LogP contribution < -0.4 is 10.1 Å². The molecule has 4 rings (SSSR count). The second kappa shape index (κ2) is 12.6. The van der Waals surface area contributed by atoms with Gasteiger partial charge in [-0.3, -0.25) is 9.36 Å². The molecular weight excluding hydrogens is 561 g/mol. The van der Waals surface area contributed by atoms with Gasteiger partial charge in [0.25, 0.3) is 0 Å². The molecule has 7 nitrogen and oxygen atoms in total. The number of carbonyl (C=O) groups is 1. The van der Waals surface area contributed by atoms with Crippen LogP contribution in [0.15, 0.2) is 66.5 Å². The summed E-state index contributed by atoms with van der Waals surface area (Å²) in [5, 5.41) is 14.2. The molecule has 0 spiro atoms. The molecule has 0 fully saturated rings. The van der Waals surface area contributed by atoms with Crippen molar-refractivity contribution in [3.63, 3.8) is 0 Å². The zero-order valence-electron chi connectivity index (χ0n) is 18.8. The highest BCUT2D eigenvalue weighted by atomic mass is 35.5. The van der Waals surface area contributed by atoms with Gasteiger partial charge in [-0.25, -0.2) is 4.98 Å². The van der Waals surface area contributed by atoms with Gasteiger partial charge in [-0.05, 0) is 42.0 Å². The van der Waals surface area contributed by atoms with Crippen molar-refractivity contribution >= 4 is 68.9 Å². The van der Waals surface area contributed by atoms with Crippen LogP contribution in [0.2, 0.25) is 15.1 Å². The van der Waals surface area contributed by atoms with E-state index in [1.54, 1.807) is 48.7 Å². The fraction of sp³-hybridized carbons (Fsp3) is 0.167.